The van der Waals surface area contributed by atoms with Crippen LogP contribution in [-0.4, -0.2) is 46.1 Å². The van der Waals surface area contributed by atoms with Crippen LogP contribution in [0.2, 0.25) is 0 Å². The van der Waals surface area contributed by atoms with Gasteiger partial charge in [-0.05, 0) is 115 Å². The molecule has 0 aliphatic carbocycles. The molecule has 0 saturated carbocycles. The highest BCUT2D eigenvalue weighted by atomic mass is 16.5. The summed E-state index contributed by atoms with van der Waals surface area (Å²) in [6.45, 7) is 6.29. The molecule has 0 aliphatic heterocycles. The monoisotopic (exact) mass is 571 g/mol. The largest absolute Gasteiger partial charge is 0.493 e. The molecule has 42 heavy (non-hydrogen) atoms. The van der Waals surface area contributed by atoms with Crippen LogP contribution in [0.25, 0.3) is 33.0 Å². The first-order valence-corrected chi connectivity index (χ1v) is 15.1. The van der Waals surface area contributed by atoms with Gasteiger partial charge < -0.3 is 36.1 Å². The van der Waals surface area contributed by atoms with Crippen molar-refractivity contribution in [2.24, 2.45) is 17.2 Å². The van der Waals surface area contributed by atoms with Gasteiger partial charge >= 0.3 is 0 Å². The van der Waals surface area contributed by atoms with Crippen molar-refractivity contribution in [2.45, 2.75) is 39.0 Å². The Balaban J connectivity index is 1.67. The van der Waals surface area contributed by atoms with Gasteiger partial charge in [-0.15, -0.1) is 0 Å². The molecule has 0 radical (unpaired) electrons. The van der Waals surface area contributed by atoms with E-state index in [2.05, 4.69) is 67.6 Å². The third-order valence-electron chi connectivity index (χ3n) is 6.89. The van der Waals surface area contributed by atoms with Gasteiger partial charge in [0.15, 0.2) is 0 Å². The van der Waals surface area contributed by atoms with E-state index in [1.165, 1.54) is 0 Å². The lowest BCUT2D eigenvalue weighted by molar-refractivity contribution is 0.296. The molecule has 4 rings (SSSR count). The molecule has 4 aromatic carbocycles. The molecule has 4 aromatic rings. The fourth-order valence-electron chi connectivity index (χ4n) is 4.57. The van der Waals surface area contributed by atoms with Crippen LogP contribution in [-0.2, 0) is 0 Å². The molecule has 0 unspecified atom stereocenters. The summed E-state index contributed by atoms with van der Waals surface area (Å²) in [5.74, 6) is 3.13. The lowest BCUT2D eigenvalue weighted by atomic mass is 9.97. The second kappa shape index (κ2) is 16.6. The first-order chi connectivity index (χ1) is 20.6. The minimum Gasteiger partial charge on any atom is -0.493 e. The Morgan fingerprint density at radius 3 is 1.17 bits per heavy atom. The zero-order chi connectivity index (χ0) is 29.6. The van der Waals surface area contributed by atoms with Crippen molar-refractivity contribution in [3.8, 4) is 45.3 Å². The summed E-state index contributed by atoms with van der Waals surface area (Å²) >= 11 is 0. The maximum atomic E-state index is 6.07. The van der Waals surface area contributed by atoms with Crippen LogP contribution in [0, 0.1) is 0 Å². The van der Waals surface area contributed by atoms with E-state index in [4.69, 9.17) is 36.1 Å². The molecular formula is C35H45N3O4. The first-order valence-electron chi connectivity index (χ1n) is 15.1. The summed E-state index contributed by atoms with van der Waals surface area (Å²) in [6, 6.07) is 25.2. The van der Waals surface area contributed by atoms with Crippen LogP contribution in [0.15, 0.2) is 72.8 Å². The van der Waals surface area contributed by atoms with Gasteiger partial charge in [-0.1, -0.05) is 37.6 Å². The van der Waals surface area contributed by atoms with Crippen molar-refractivity contribution in [1.82, 2.24) is 0 Å². The van der Waals surface area contributed by atoms with Gasteiger partial charge in [-0.3, -0.25) is 0 Å². The molecular weight excluding hydrogens is 526 g/mol. The summed E-state index contributed by atoms with van der Waals surface area (Å²) < 4.78 is 24.1. The van der Waals surface area contributed by atoms with Crippen LogP contribution < -0.4 is 36.1 Å². The number of benzene rings is 4. The Morgan fingerprint density at radius 2 is 0.810 bits per heavy atom. The Kier molecular flexibility index (Phi) is 12.3. The fourth-order valence-corrected chi connectivity index (χ4v) is 4.57. The second-order valence-corrected chi connectivity index (χ2v) is 10.3. The van der Waals surface area contributed by atoms with Gasteiger partial charge in [0, 0.05) is 12.1 Å². The van der Waals surface area contributed by atoms with Crippen LogP contribution in [0.5, 0.6) is 23.0 Å². The summed E-state index contributed by atoms with van der Waals surface area (Å²) in [4.78, 5) is 0. The smallest absolute Gasteiger partial charge is 0.123 e. The Hall–Kier alpha value is -3.78. The number of nitrogens with two attached hydrogens (primary N) is 3. The molecule has 0 amide bonds. The summed E-state index contributed by atoms with van der Waals surface area (Å²) in [6.07, 6.45) is 4.46. The Bertz CT molecular complexity index is 1250. The van der Waals surface area contributed by atoms with Gasteiger partial charge in [-0.2, -0.15) is 0 Å². The lowest BCUT2D eigenvalue weighted by Crippen LogP contribution is -2.07. The number of hydrogen-bond acceptors (Lipinski definition) is 7. The molecule has 7 heteroatoms. The maximum Gasteiger partial charge on any atom is 0.123 e. The first kappa shape index (κ1) is 31.2. The standard InChI is InChI=1S/C35H45N3O4/c1-2-3-14-39-32-20-30(21-33(24-32)40-15-4-11-36)27-9-7-26-8-10-28(19-29(26)18-27)31-22-34(41-16-5-12-37)25-35(23-31)42-17-6-13-38/h7-10,18-25H,2-6,11-17,36-38H2,1H3. The van der Waals surface area contributed by atoms with E-state index in [0.29, 0.717) is 46.1 Å². The fraction of sp³-hybridized carbons (Fsp3) is 0.371. The van der Waals surface area contributed by atoms with Crippen LogP contribution in [0.3, 0.4) is 0 Å². The highest BCUT2D eigenvalue weighted by molar-refractivity contribution is 5.91. The predicted molar refractivity (Wildman–Crippen MR) is 173 cm³/mol. The summed E-state index contributed by atoms with van der Waals surface area (Å²) in [5.41, 5.74) is 21.3. The topological polar surface area (TPSA) is 115 Å². The molecule has 0 fully saturated rings. The van der Waals surface area contributed by atoms with Crippen molar-refractivity contribution in [1.29, 1.82) is 0 Å². The number of hydrogen-bond donors (Lipinski definition) is 3. The minimum absolute atomic E-state index is 0.558. The number of unbranched alkanes of at least 4 members (excludes halogenated alkanes) is 1. The summed E-state index contributed by atoms with van der Waals surface area (Å²) in [5, 5.41) is 2.29. The van der Waals surface area contributed by atoms with Crippen molar-refractivity contribution < 1.29 is 18.9 Å². The second-order valence-electron chi connectivity index (χ2n) is 10.3. The highest BCUT2D eigenvalue weighted by Crippen LogP contribution is 2.35. The number of rotatable bonds is 18. The molecule has 0 aliphatic rings. The number of ether oxygens (including phenoxy) is 4. The van der Waals surface area contributed by atoms with Crippen LogP contribution in [0.1, 0.15) is 39.0 Å². The van der Waals surface area contributed by atoms with Crippen LogP contribution in [0.4, 0.5) is 0 Å². The SMILES string of the molecule is CCCCOc1cc(OCCCN)cc(-c2ccc3ccc(-c4cc(OCCCN)cc(OCCCN)c4)cc3c2)c1. The van der Waals surface area contributed by atoms with Crippen molar-refractivity contribution in [3.63, 3.8) is 0 Å². The average molecular weight is 572 g/mol. The molecule has 0 spiro atoms. The average Bonchev–Trinajstić information content (AvgIpc) is 3.01. The van der Waals surface area contributed by atoms with E-state index in [1.54, 1.807) is 0 Å². The molecule has 0 bridgehead atoms. The molecule has 0 heterocycles. The Labute approximate surface area is 249 Å². The highest BCUT2D eigenvalue weighted by Gasteiger charge is 2.10. The van der Waals surface area contributed by atoms with E-state index in [-0.39, 0.29) is 0 Å². The molecule has 0 aromatic heterocycles. The van der Waals surface area contributed by atoms with Crippen molar-refractivity contribution >= 4 is 10.8 Å². The van der Waals surface area contributed by atoms with Crippen LogP contribution >= 0.6 is 0 Å². The molecule has 0 saturated heterocycles. The third-order valence-corrected chi connectivity index (χ3v) is 6.89. The Morgan fingerprint density at radius 1 is 0.429 bits per heavy atom. The van der Waals surface area contributed by atoms with E-state index >= 15 is 0 Å². The van der Waals surface area contributed by atoms with E-state index in [0.717, 1.165) is 88.1 Å². The molecule has 6 N–H and O–H groups in total. The maximum absolute atomic E-state index is 6.07. The van der Waals surface area contributed by atoms with Gasteiger partial charge in [0.05, 0.1) is 26.4 Å². The third kappa shape index (κ3) is 9.11. The quantitative estimate of drug-likeness (QED) is 0.116. The van der Waals surface area contributed by atoms with Gasteiger partial charge in [0.2, 0.25) is 0 Å². The van der Waals surface area contributed by atoms with Gasteiger partial charge in [0.25, 0.3) is 0 Å². The van der Waals surface area contributed by atoms with E-state index in [9.17, 15) is 0 Å². The van der Waals surface area contributed by atoms with Gasteiger partial charge in [0.1, 0.15) is 23.0 Å². The zero-order valence-corrected chi connectivity index (χ0v) is 24.8. The summed E-state index contributed by atoms with van der Waals surface area (Å²) in [7, 11) is 0. The normalized spacial score (nSPS) is 11.0. The molecule has 0 atom stereocenters. The zero-order valence-electron chi connectivity index (χ0n) is 24.8. The van der Waals surface area contributed by atoms with E-state index in [1.807, 2.05) is 12.1 Å². The molecule has 7 nitrogen and oxygen atoms in total. The number of fused-ring (bicyclic) bond motifs is 1. The van der Waals surface area contributed by atoms with Gasteiger partial charge in [-0.25, -0.2) is 0 Å². The van der Waals surface area contributed by atoms with E-state index < -0.39 is 0 Å². The molecule has 224 valence electrons. The lowest BCUT2D eigenvalue weighted by Gasteiger charge is -2.14. The minimum atomic E-state index is 0.558. The van der Waals surface area contributed by atoms with Crippen molar-refractivity contribution in [3.05, 3.63) is 72.8 Å². The predicted octanol–water partition coefficient (Wildman–Crippen LogP) is 6.54. The van der Waals surface area contributed by atoms with Crippen molar-refractivity contribution in [2.75, 3.05) is 46.1 Å².